The molecule has 3 rings (SSSR count). The highest BCUT2D eigenvalue weighted by Crippen LogP contribution is 2.14. The Kier molecular flexibility index (Phi) is 5.66. The van der Waals surface area contributed by atoms with Gasteiger partial charge >= 0.3 is 0 Å². The first-order valence-electron chi connectivity index (χ1n) is 8.51. The van der Waals surface area contributed by atoms with E-state index in [0.29, 0.717) is 34.8 Å². The number of carbonyl (C=O) groups is 2. The zero-order valence-corrected chi connectivity index (χ0v) is 15.8. The van der Waals surface area contributed by atoms with Gasteiger partial charge < -0.3 is 10.6 Å². The molecule has 2 N–H and O–H groups in total. The van der Waals surface area contributed by atoms with E-state index in [1.807, 2.05) is 13.8 Å². The van der Waals surface area contributed by atoms with Gasteiger partial charge in [0.15, 0.2) is 0 Å². The molecule has 2 amide bonds. The summed E-state index contributed by atoms with van der Waals surface area (Å²) in [5.41, 5.74) is 4.17. The SMILES string of the molecule is Cc1nc2ccc(C(=O)NCCNC(=O)c3ccc(Cl)cc3)cc2nc1C. The summed E-state index contributed by atoms with van der Waals surface area (Å²) < 4.78 is 0. The fraction of sp³-hybridized carbons (Fsp3) is 0.200. The van der Waals surface area contributed by atoms with Crippen molar-refractivity contribution in [1.82, 2.24) is 20.6 Å². The van der Waals surface area contributed by atoms with E-state index in [-0.39, 0.29) is 11.8 Å². The molecule has 0 spiro atoms. The monoisotopic (exact) mass is 382 g/mol. The second kappa shape index (κ2) is 8.14. The summed E-state index contributed by atoms with van der Waals surface area (Å²) in [6.07, 6.45) is 0. The lowest BCUT2D eigenvalue weighted by Gasteiger charge is -2.08. The number of nitrogens with zero attached hydrogens (tertiary/aromatic N) is 2. The lowest BCUT2D eigenvalue weighted by Crippen LogP contribution is -2.34. The minimum absolute atomic E-state index is 0.215. The number of carbonyl (C=O) groups excluding carboxylic acids is 2. The maximum absolute atomic E-state index is 12.3. The minimum Gasteiger partial charge on any atom is -0.350 e. The molecule has 7 heteroatoms. The second-order valence-electron chi connectivity index (χ2n) is 6.12. The van der Waals surface area contributed by atoms with E-state index in [2.05, 4.69) is 20.6 Å². The average Bonchev–Trinajstić information content (AvgIpc) is 2.66. The van der Waals surface area contributed by atoms with Crippen molar-refractivity contribution < 1.29 is 9.59 Å². The Bertz CT molecular complexity index is 1000. The standard InChI is InChI=1S/C20H19ClN4O2/c1-12-13(2)25-18-11-15(5-8-17(18)24-12)20(27)23-10-9-22-19(26)14-3-6-16(21)7-4-14/h3-8,11H,9-10H2,1-2H3,(H,22,26)(H,23,27). The Morgan fingerprint density at radius 1 is 0.815 bits per heavy atom. The van der Waals surface area contributed by atoms with E-state index in [9.17, 15) is 9.59 Å². The van der Waals surface area contributed by atoms with Crippen molar-refractivity contribution in [1.29, 1.82) is 0 Å². The van der Waals surface area contributed by atoms with Crippen LogP contribution >= 0.6 is 11.6 Å². The Balaban J connectivity index is 1.54. The maximum Gasteiger partial charge on any atom is 0.251 e. The molecule has 27 heavy (non-hydrogen) atoms. The highest BCUT2D eigenvalue weighted by Gasteiger charge is 2.09. The number of halogens is 1. The number of benzene rings is 2. The van der Waals surface area contributed by atoms with E-state index < -0.39 is 0 Å². The first kappa shape index (κ1) is 18.8. The number of hydrogen-bond acceptors (Lipinski definition) is 4. The Hall–Kier alpha value is -2.99. The zero-order valence-electron chi connectivity index (χ0n) is 15.0. The summed E-state index contributed by atoms with van der Waals surface area (Å²) in [6, 6.07) is 11.8. The number of amides is 2. The van der Waals surface area contributed by atoms with E-state index in [0.717, 1.165) is 16.9 Å². The molecular formula is C20H19ClN4O2. The van der Waals surface area contributed by atoms with Crippen molar-refractivity contribution in [2.75, 3.05) is 13.1 Å². The molecule has 3 aromatic rings. The molecule has 0 unspecified atom stereocenters. The highest BCUT2D eigenvalue weighted by atomic mass is 35.5. The molecule has 2 aromatic carbocycles. The normalized spacial score (nSPS) is 10.6. The van der Waals surface area contributed by atoms with Crippen LogP contribution in [0.15, 0.2) is 42.5 Å². The molecular weight excluding hydrogens is 364 g/mol. The van der Waals surface area contributed by atoms with Crippen LogP contribution in [0, 0.1) is 13.8 Å². The smallest absolute Gasteiger partial charge is 0.251 e. The van der Waals surface area contributed by atoms with E-state index in [1.54, 1.807) is 42.5 Å². The molecule has 0 aliphatic heterocycles. The first-order chi connectivity index (χ1) is 12.9. The molecule has 0 saturated heterocycles. The fourth-order valence-corrected chi connectivity index (χ4v) is 2.66. The van der Waals surface area contributed by atoms with Gasteiger partial charge in [-0.05, 0) is 56.3 Å². The molecule has 0 atom stereocenters. The van der Waals surface area contributed by atoms with E-state index in [1.165, 1.54) is 0 Å². The van der Waals surface area contributed by atoms with Crippen molar-refractivity contribution in [3.63, 3.8) is 0 Å². The summed E-state index contributed by atoms with van der Waals surface area (Å²) in [4.78, 5) is 33.2. The molecule has 0 bridgehead atoms. The summed E-state index contributed by atoms with van der Waals surface area (Å²) in [7, 11) is 0. The zero-order chi connectivity index (χ0) is 19.4. The second-order valence-corrected chi connectivity index (χ2v) is 6.55. The molecule has 0 radical (unpaired) electrons. The van der Waals surface area contributed by atoms with E-state index >= 15 is 0 Å². The fourth-order valence-electron chi connectivity index (χ4n) is 2.53. The lowest BCUT2D eigenvalue weighted by molar-refractivity contribution is 0.0928. The van der Waals surface area contributed by atoms with Crippen LogP contribution in [-0.4, -0.2) is 34.9 Å². The van der Waals surface area contributed by atoms with Gasteiger partial charge in [-0.15, -0.1) is 0 Å². The minimum atomic E-state index is -0.224. The largest absolute Gasteiger partial charge is 0.350 e. The molecule has 6 nitrogen and oxygen atoms in total. The third kappa shape index (κ3) is 4.60. The predicted octanol–water partition coefficient (Wildman–Crippen LogP) is 3.06. The van der Waals surface area contributed by atoms with Crippen molar-refractivity contribution >= 4 is 34.4 Å². The van der Waals surface area contributed by atoms with Gasteiger partial charge in [0.1, 0.15) is 0 Å². The number of aryl methyl sites for hydroxylation is 2. The van der Waals surface area contributed by atoms with Crippen LogP contribution in [0.1, 0.15) is 32.1 Å². The molecule has 0 aliphatic rings. The van der Waals surface area contributed by atoms with E-state index in [4.69, 9.17) is 11.6 Å². The molecule has 0 saturated carbocycles. The van der Waals surface area contributed by atoms with Crippen LogP contribution in [0.3, 0.4) is 0 Å². The first-order valence-corrected chi connectivity index (χ1v) is 8.89. The summed E-state index contributed by atoms with van der Waals surface area (Å²) in [5, 5.41) is 6.11. The van der Waals surface area contributed by atoms with Crippen LogP contribution in [0.4, 0.5) is 0 Å². The van der Waals surface area contributed by atoms with Gasteiger partial charge in [-0.3, -0.25) is 9.59 Å². The Morgan fingerprint density at radius 3 is 1.96 bits per heavy atom. The maximum atomic E-state index is 12.3. The molecule has 138 valence electrons. The molecule has 0 fully saturated rings. The van der Waals surface area contributed by atoms with Crippen LogP contribution in [0.2, 0.25) is 5.02 Å². The summed E-state index contributed by atoms with van der Waals surface area (Å²) in [6.45, 7) is 4.42. The Morgan fingerprint density at radius 2 is 1.33 bits per heavy atom. The number of fused-ring (bicyclic) bond motifs is 1. The third-order valence-electron chi connectivity index (χ3n) is 4.14. The number of aromatic nitrogens is 2. The van der Waals surface area contributed by atoms with Crippen molar-refractivity contribution in [2.45, 2.75) is 13.8 Å². The summed E-state index contributed by atoms with van der Waals surface area (Å²) >= 11 is 5.80. The van der Waals surface area contributed by atoms with Crippen molar-refractivity contribution in [3.05, 3.63) is 70.0 Å². The lowest BCUT2D eigenvalue weighted by atomic mass is 10.1. The number of hydrogen-bond donors (Lipinski definition) is 2. The number of rotatable bonds is 5. The molecule has 0 aliphatic carbocycles. The van der Waals surface area contributed by atoms with Crippen LogP contribution in [0.25, 0.3) is 11.0 Å². The quantitative estimate of drug-likeness (QED) is 0.664. The van der Waals surface area contributed by atoms with Crippen molar-refractivity contribution in [3.8, 4) is 0 Å². The van der Waals surface area contributed by atoms with Crippen LogP contribution in [0.5, 0.6) is 0 Å². The van der Waals surface area contributed by atoms with Gasteiger partial charge in [-0.1, -0.05) is 11.6 Å². The predicted molar refractivity (Wildman–Crippen MR) is 105 cm³/mol. The molecule has 1 heterocycles. The Labute approximate surface area is 162 Å². The highest BCUT2D eigenvalue weighted by molar-refractivity contribution is 6.30. The number of nitrogens with one attached hydrogen (secondary N) is 2. The van der Waals surface area contributed by atoms with Crippen molar-refractivity contribution in [2.24, 2.45) is 0 Å². The van der Waals surface area contributed by atoms with Crippen LogP contribution < -0.4 is 10.6 Å². The van der Waals surface area contributed by atoms with Gasteiger partial charge in [0, 0.05) is 29.2 Å². The molecule has 1 aromatic heterocycles. The van der Waals surface area contributed by atoms with Gasteiger partial charge in [0.2, 0.25) is 0 Å². The topological polar surface area (TPSA) is 84.0 Å². The van der Waals surface area contributed by atoms with Gasteiger partial charge in [-0.2, -0.15) is 0 Å². The third-order valence-corrected chi connectivity index (χ3v) is 4.39. The van der Waals surface area contributed by atoms with Gasteiger partial charge in [0.05, 0.1) is 22.4 Å². The van der Waals surface area contributed by atoms with Crippen LogP contribution in [-0.2, 0) is 0 Å². The van der Waals surface area contributed by atoms with Gasteiger partial charge in [-0.25, -0.2) is 9.97 Å². The average molecular weight is 383 g/mol. The summed E-state index contributed by atoms with van der Waals surface area (Å²) in [5.74, 6) is -0.439. The van der Waals surface area contributed by atoms with Gasteiger partial charge in [0.25, 0.3) is 11.8 Å².